The van der Waals surface area contributed by atoms with Crippen LogP contribution in [0.25, 0.3) is 0 Å². The van der Waals surface area contributed by atoms with Gasteiger partial charge in [-0.2, -0.15) is 0 Å². The Morgan fingerprint density at radius 1 is 1.11 bits per heavy atom. The number of nitrogens with zero attached hydrogens (tertiary/aromatic N) is 1. The summed E-state index contributed by atoms with van der Waals surface area (Å²) in [6, 6.07) is 3.98. The summed E-state index contributed by atoms with van der Waals surface area (Å²) in [6.45, 7) is 3.11. The molecule has 102 valence electrons. The van der Waals surface area contributed by atoms with Crippen LogP contribution in [0.2, 0.25) is 0 Å². The number of hydrogen-bond acceptors (Lipinski definition) is 4. The van der Waals surface area contributed by atoms with Crippen molar-refractivity contribution in [1.29, 1.82) is 0 Å². The zero-order chi connectivity index (χ0) is 13.5. The van der Waals surface area contributed by atoms with Crippen LogP contribution in [-0.4, -0.2) is 39.5 Å². The van der Waals surface area contributed by atoms with E-state index >= 15 is 0 Å². The third-order valence-corrected chi connectivity index (χ3v) is 3.01. The molecule has 1 rings (SSSR count). The van der Waals surface area contributed by atoms with Gasteiger partial charge in [0.1, 0.15) is 11.5 Å². The molecule has 0 radical (unpaired) electrons. The van der Waals surface area contributed by atoms with Crippen molar-refractivity contribution < 1.29 is 14.6 Å². The first-order valence-electron chi connectivity index (χ1n) is 6.18. The van der Waals surface area contributed by atoms with Gasteiger partial charge in [0.25, 0.3) is 0 Å². The maximum atomic E-state index is 8.81. The zero-order valence-electron chi connectivity index (χ0n) is 11.7. The van der Waals surface area contributed by atoms with Crippen molar-refractivity contribution in [1.82, 2.24) is 0 Å². The van der Waals surface area contributed by atoms with E-state index in [0.717, 1.165) is 42.1 Å². The number of aliphatic hydroxyl groups excluding tert-OH is 1. The van der Waals surface area contributed by atoms with Crippen molar-refractivity contribution in [3.05, 3.63) is 17.7 Å². The average Bonchev–Trinajstić information content (AvgIpc) is 2.38. The molecule has 0 bridgehead atoms. The topological polar surface area (TPSA) is 41.9 Å². The molecule has 0 fully saturated rings. The van der Waals surface area contributed by atoms with E-state index in [2.05, 4.69) is 4.90 Å². The number of benzene rings is 1. The average molecular weight is 253 g/mol. The molecule has 4 nitrogen and oxygen atoms in total. The first-order valence-corrected chi connectivity index (χ1v) is 6.18. The van der Waals surface area contributed by atoms with Crippen LogP contribution in [0.5, 0.6) is 11.5 Å². The quantitative estimate of drug-likeness (QED) is 0.757. The molecule has 0 saturated carbocycles. The van der Waals surface area contributed by atoms with E-state index in [9.17, 15) is 0 Å². The zero-order valence-corrected chi connectivity index (χ0v) is 11.7. The van der Waals surface area contributed by atoms with E-state index in [1.165, 1.54) is 0 Å². The monoisotopic (exact) mass is 253 g/mol. The van der Waals surface area contributed by atoms with Gasteiger partial charge in [-0.1, -0.05) is 0 Å². The maximum Gasteiger partial charge on any atom is 0.142 e. The second-order valence-electron chi connectivity index (χ2n) is 4.35. The number of methoxy groups -OCH3 is 2. The molecule has 0 heterocycles. The minimum Gasteiger partial charge on any atom is -0.496 e. The van der Waals surface area contributed by atoms with Gasteiger partial charge in [0.15, 0.2) is 0 Å². The lowest BCUT2D eigenvalue weighted by atomic mass is 10.1. The van der Waals surface area contributed by atoms with Crippen LogP contribution >= 0.6 is 0 Å². The number of aryl methyl sites for hydroxylation is 1. The van der Waals surface area contributed by atoms with Gasteiger partial charge >= 0.3 is 0 Å². The standard InChI is InChI=1S/C14H23NO3/c1-11-9-14(18-4)12(10-13(11)17-3)15(2)7-5-6-8-16/h9-10,16H,5-8H2,1-4H3. The molecule has 0 spiro atoms. The van der Waals surface area contributed by atoms with Crippen LogP contribution < -0.4 is 14.4 Å². The summed E-state index contributed by atoms with van der Waals surface area (Å²) in [5, 5.41) is 8.81. The Morgan fingerprint density at radius 2 is 1.78 bits per heavy atom. The Morgan fingerprint density at radius 3 is 2.33 bits per heavy atom. The Balaban J connectivity index is 2.90. The minimum atomic E-state index is 0.238. The van der Waals surface area contributed by atoms with E-state index in [1.807, 2.05) is 26.1 Å². The molecule has 0 aliphatic carbocycles. The minimum absolute atomic E-state index is 0.238. The van der Waals surface area contributed by atoms with Crippen molar-refractivity contribution in [2.24, 2.45) is 0 Å². The SMILES string of the molecule is COc1cc(N(C)CCCCO)c(OC)cc1C. The van der Waals surface area contributed by atoms with E-state index in [-0.39, 0.29) is 6.61 Å². The van der Waals surface area contributed by atoms with Gasteiger partial charge in [0.2, 0.25) is 0 Å². The molecule has 18 heavy (non-hydrogen) atoms. The first kappa shape index (κ1) is 14.6. The van der Waals surface area contributed by atoms with E-state index < -0.39 is 0 Å². The Bertz CT molecular complexity index is 380. The molecule has 1 aromatic rings. The van der Waals surface area contributed by atoms with Crippen LogP contribution in [0.1, 0.15) is 18.4 Å². The summed E-state index contributed by atoms with van der Waals surface area (Å²) < 4.78 is 10.7. The fourth-order valence-electron chi connectivity index (χ4n) is 1.91. The second-order valence-corrected chi connectivity index (χ2v) is 4.35. The summed E-state index contributed by atoms with van der Waals surface area (Å²) in [5.74, 6) is 1.71. The molecule has 0 aliphatic heterocycles. The second kappa shape index (κ2) is 7.11. The molecule has 1 aromatic carbocycles. The predicted octanol–water partition coefficient (Wildman–Crippen LogP) is 2.22. The highest BCUT2D eigenvalue weighted by Gasteiger charge is 2.12. The first-order chi connectivity index (χ1) is 8.63. The molecule has 4 heteroatoms. The maximum absolute atomic E-state index is 8.81. The smallest absolute Gasteiger partial charge is 0.142 e. The number of anilines is 1. The molecule has 0 aliphatic rings. The van der Waals surface area contributed by atoms with E-state index in [4.69, 9.17) is 14.6 Å². The van der Waals surface area contributed by atoms with Crippen molar-refractivity contribution >= 4 is 5.69 Å². The van der Waals surface area contributed by atoms with Crippen LogP contribution in [0.15, 0.2) is 12.1 Å². The number of aliphatic hydroxyl groups is 1. The number of ether oxygens (including phenoxy) is 2. The molecular weight excluding hydrogens is 230 g/mol. The number of unbranched alkanes of at least 4 members (excludes halogenated alkanes) is 1. The van der Waals surface area contributed by atoms with E-state index in [0.29, 0.717) is 0 Å². The predicted molar refractivity (Wildman–Crippen MR) is 73.9 cm³/mol. The normalized spacial score (nSPS) is 10.3. The summed E-state index contributed by atoms with van der Waals surface area (Å²) >= 11 is 0. The number of hydrogen-bond donors (Lipinski definition) is 1. The Hall–Kier alpha value is -1.42. The summed E-state index contributed by atoms with van der Waals surface area (Å²) in [4.78, 5) is 2.12. The van der Waals surface area contributed by atoms with Crippen molar-refractivity contribution in [2.75, 3.05) is 39.3 Å². The van der Waals surface area contributed by atoms with Crippen LogP contribution in [0.3, 0.4) is 0 Å². The largest absolute Gasteiger partial charge is 0.496 e. The molecule has 1 N–H and O–H groups in total. The van der Waals surface area contributed by atoms with Gasteiger partial charge in [-0.15, -0.1) is 0 Å². The van der Waals surface area contributed by atoms with Crippen molar-refractivity contribution in [3.8, 4) is 11.5 Å². The van der Waals surface area contributed by atoms with Crippen LogP contribution in [0.4, 0.5) is 5.69 Å². The molecule has 0 unspecified atom stereocenters. The van der Waals surface area contributed by atoms with Gasteiger partial charge in [-0.05, 0) is 31.4 Å². The fourth-order valence-corrected chi connectivity index (χ4v) is 1.91. The van der Waals surface area contributed by atoms with Crippen molar-refractivity contribution in [3.63, 3.8) is 0 Å². The lowest BCUT2D eigenvalue weighted by Crippen LogP contribution is -2.19. The molecular formula is C14H23NO3. The molecule has 0 saturated heterocycles. The highest BCUT2D eigenvalue weighted by molar-refractivity contribution is 5.63. The van der Waals surface area contributed by atoms with Crippen LogP contribution in [0, 0.1) is 6.92 Å². The summed E-state index contributed by atoms with van der Waals surface area (Å²) in [7, 11) is 5.36. The third kappa shape index (κ3) is 3.53. The lowest BCUT2D eigenvalue weighted by Gasteiger charge is -2.23. The molecule has 0 aromatic heterocycles. The highest BCUT2D eigenvalue weighted by atomic mass is 16.5. The number of rotatable bonds is 7. The fraction of sp³-hybridized carbons (Fsp3) is 0.571. The summed E-state index contributed by atoms with van der Waals surface area (Å²) in [6.07, 6.45) is 1.77. The van der Waals surface area contributed by atoms with Crippen molar-refractivity contribution in [2.45, 2.75) is 19.8 Å². The lowest BCUT2D eigenvalue weighted by molar-refractivity contribution is 0.285. The van der Waals surface area contributed by atoms with E-state index in [1.54, 1.807) is 14.2 Å². The third-order valence-electron chi connectivity index (χ3n) is 3.01. The Labute approximate surface area is 109 Å². The summed E-state index contributed by atoms with van der Waals surface area (Å²) in [5.41, 5.74) is 2.07. The Kier molecular flexibility index (Phi) is 5.78. The van der Waals surface area contributed by atoms with Gasteiger partial charge in [0, 0.05) is 26.3 Å². The molecule has 0 atom stereocenters. The van der Waals surface area contributed by atoms with Gasteiger partial charge < -0.3 is 19.5 Å². The molecule has 0 amide bonds. The highest BCUT2D eigenvalue weighted by Crippen LogP contribution is 2.34. The van der Waals surface area contributed by atoms with Gasteiger partial charge in [0.05, 0.1) is 19.9 Å². The van der Waals surface area contributed by atoms with Crippen LogP contribution in [-0.2, 0) is 0 Å². The van der Waals surface area contributed by atoms with Gasteiger partial charge in [-0.3, -0.25) is 0 Å². The van der Waals surface area contributed by atoms with Gasteiger partial charge in [-0.25, -0.2) is 0 Å².